The molecule has 1 fully saturated rings. The lowest BCUT2D eigenvalue weighted by Gasteiger charge is -2.26. The van der Waals surface area contributed by atoms with Gasteiger partial charge in [-0.05, 0) is 44.7 Å². The van der Waals surface area contributed by atoms with Crippen LogP contribution in [0.2, 0.25) is 5.02 Å². The van der Waals surface area contributed by atoms with Gasteiger partial charge in [-0.2, -0.15) is 0 Å². The second kappa shape index (κ2) is 5.91. The molecule has 1 saturated heterocycles. The van der Waals surface area contributed by atoms with Gasteiger partial charge in [0.25, 0.3) is 0 Å². The minimum Gasteiger partial charge on any atom is -0.385 e. The summed E-state index contributed by atoms with van der Waals surface area (Å²) in [4.78, 5) is 0. The highest BCUT2D eigenvalue weighted by atomic mass is 79.9. The van der Waals surface area contributed by atoms with Crippen LogP contribution in [0.5, 0.6) is 0 Å². The second-order valence-electron chi connectivity index (χ2n) is 5.07. The summed E-state index contributed by atoms with van der Waals surface area (Å²) in [5.74, 6) is 0. The molecule has 1 aliphatic heterocycles. The molecule has 1 heterocycles. The molecule has 4 heteroatoms. The van der Waals surface area contributed by atoms with E-state index in [0.717, 1.165) is 35.9 Å². The summed E-state index contributed by atoms with van der Waals surface area (Å²) in [6.45, 7) is 2.67. The zero-order chi connectivity index (χ0) is 13.2. The highest BCUT2D eigenvalue weighted by Gasteiger charge is 2.28. The molecule has 0 amide bonds. The first-order valence-corrected chi connectivity index (χ1v) is 7.45. The number of ether oxygens (including phenoxy) is 1. The van der Waals surface area contributed by atoms with Crippen LogP contribution in [-0.2, 0) is 10.3 Å². The molecule has 1 aromatic rings. The van der Waals surface area contributed by atoms with E-state index in [9.17, 15) is 5.11 Å². The minimum absolute atomic E-state index is 0.297. The highest BCUT2D eigenvalue weighted by Crippen LogP contribution is 2.34. The monoisotopic (exact) mass is 332 g/mol. The molecule has 1 aliphatic rings. The Morgan fingerprint density at radius 1 is 1.56 bits per heavy atom. The molecule has 2 unspecified atom stereocenters. The SMILES string of the molecule is CC(O)(CCC1CCCO1)c1ccc(Br)cc1Cl. The Balaban J connectivity index is 2.04. The van der Waals surface area contributed by atoms with Crippen LogP contribution in [-0.4, -0.2) is 17.8 Å². The number of hydrogen-bond acceptors (Lipinski definition) is 2. The van der Waals surface area contributed by atoms with Crippen LogP contribution in [0.4, 0.5) is 0 Å². The van der Waals surface area contributed by atoms with Crippen molar-refractivity contribution in [2.45, 2.75) is 44.3 Å². The maximum atomic E-state index is 10.6. The van der Waals surface area contributed by atoms with Crippen molar-refractivity contribution in [2.75, 3.05) is 6.61 Å². The zero-order valence-corrected chi connectivity index (χ0v) is 12.8. The fourth-order valence-corrected chi connectivity index (χ4v) is 3.25. The van der Waals surface area contributed by atoms with Gasteiger partial charge in [-0.25, -0.2) is 0 Å². The normalized spacial score (nSPS) is 23.0. The van der Waals surface area contributed by atoms with Gasteiger partial charge < -0.3 is 9.84 Å². The van der Waals surface area contributed by atoms with Gasteiger partial charge in [-0.3, -0.25) is 0 Å². The third-order valence-corrected chi connectivity index (χ3v) is 4.29. The van der Waals surface area contributed by atoms with Gasteiger partial charge >= 0.3 is 0 Å². The van der Waals surface area contributed by atoms with Gasteiger partial charge in [-0.1, -0.05) is 33.6 Å². The number of halogens is 2. The van der Waals surface area contributed by atoms with Crippen molar-refractivity contribution in [3.8, 4) is 0 Å². The molecule has 0 bridgehead atoms. The van der Waals surface area contributed by atoms with Crippen molar-refractivity contribution in [1.82, 2.24) is 0 Å². The molecule has 0 aliphatic carbocycles. The predicted molar refractivity (Wildman–Crippen MR) is 76.9 cm³/mol. The van der Waals surface area contributed by atoms with E-state index >= 15 is 0 Å². The van der Waals surface area contributed by atoms with Crippen molar-refractivity contribution in [3.05, 3.63) is 33.3 Å². The highest BCUT2D eigenvalue weighted by molar-refractivity contribution is 9.10. The summed E-state index contributed by atoms with van der Waals surface area (Å²) in [6.07, 6.45) is 4.07. The van der Waals surface area contributed by atoms with E-state index < -0.39 is 5.60 Å². The van der Waals surface area contributed by atoms with Crippen LogP contribution >= 0.6 is 27.5 Å². The van der Waals surface area contributed by atoms with Gasteiger partial charge in [0.15, 0.2) is 0 Å². The first-order chi connectivity index (χ1) is 8.49. The van der Waals surface area contributed by atoms with Gasteiger partial charge in [0.1, 0.15) is 0 Å². The number of hydrogen-bond donors (Lipinski definition) is 1. The zero-order valence-electron chi connectivity index (χ0n) is 10.5. The molecule has 1 aromatic carbocycles. The van der Waals surface area contributed by atoms with E-state index in [1.807, 2.05) is 25.1 Å². The maximum absolute atomic E-state index is 10.6. The van der Waals surface area contributed by atoms with Crippen molar-refractivity contribution in [3.63, 3.8) is 0 Å². The van der Waals surface area contributed by atoms with E-state index in [1.165, 1.54) is 0 Å². The van der Waals surface area contributed by atoms with Crippen LogP contribution in [0.1, 0.15) is 38.2 Å². The molecular weight excluding hydrogens is 316 g/mol. The molecule has 0 radical (unpaired) electrons. The molecular formula is C14H18BrClO2. The van der Waals surface area contributed by atoms with Crippen LogP contribution in [0.3, 0.4) is 0 Å². The molecule has 100 valence electrons. The lowest BCUT2D eigenvalue weighted by Crippen LogP contribution is -2.23. The van der Waals surface area contributed by atoms with Gasteiger partial charge in [0.2, 0.25) is 0 Å². The maximum Gasteiger partial charge on any atom is 0.0883 e. The summed E-state index contributed by atoms with van der Waals surface area (Å²) in [7, 11) is 0. The van der Waals surface area contributed by atoms with Crippen LogP contribution in [0.15, 0.2) is 22.7 Å². The van der Waals surface area contributed by atoms with Crippen molar-refractivity contribution in [1.29, 1.82) is 0 Å². The lowest BCUT2D eigenvalue weighted by molar-refractivity contribution is 0.0221. The summed E-state index contributed by atoms with van der Waals surface area (Å²) in [5, 5.41) is 11.2. The Labute approximate surface area is 121 Å². The second-order valence-corrected chi connectivity index (χ2v) is 6.39. The fourth-order valence-electron chi connectivity index (χ4n) is 2.37. The Bertz CT molecular complexity index is 414. The van der Waals surface area contributed by atoms with E-state index in [4.69, 9.17) is 16.3 Å². The molecule has 18 heavy (non-hydrogen) atoms. The molecule has 0 aromatic heterocycles. The van der Waals surface area contributed by atoms with E-state index in [0.29, 0.717) is 17.5 Å². The average molecular weight is 334 g/mol. The van der Waals surface area contributed by atoms with Gasteiger partial charge in [0.05, 0.1) is 11.7 Å². The Morgan fingerprint density at radius 3 is 2.94 bits per heavy atom. The number of benzene rings is 1. The Hall–Kier alpha value is -0.0900. The quantitative estimate of drug-likeness (QED) is 0.891. The number of rotatable bonds is 4. The Kier molecular flexibility index (Phi) is 4.70. The molecule has 2 rings (SSSR count). The van der Waals surface area contributed by atoms with Gasteiger partial charge in [0, 0.05) is 21.7 Å². The van der Waals surface area contributed by atoms with Gasteiger partial charge in [-0.15, -0.1) is 0 Å². The van der Waals surface area contributed by atoms with E-state index in [-0.39, 0.29) is 0 Å². The molecule has 2 nitrogen and oxygen atoms in total. The summed E-state index contributed by atoms with van der Waals surface area (Å²) in [6, 6.07) is 5.60. The first-order valence-electron chi connectivity index (χ1n) is 6.28. The fraction of sp³-hybridized carbons (Fsp3) is 0.571. The van der Waals surface area contributed by atoms with Crippen LogP contribution < -0.4 is 0 Å². The van der Waals surface area contributed by atoms with Crippen LogP contribution in [0.25, 0.3) is 0 Å². The van der Waals surface area contributed by atoms with Crippen molar-refractivity contribution in [2.24, 2.45) is 0 Å². The first kappa shape index (κ1) is 14.3. The lowest BCUT2D eigenvalue weighted by atomic mass is 9.89. The third-order valence-electron chi connectivity index (χ3n) is 3.49. The molecule has 1 N–H and O–H groups in total. The van der Waals surface area contributed by atoms with Crippen molar-refractivity contribution < 1.29 is 9.84 Å². The largest absolute Gasteiger partial charge is 0.385 e. The van der Waals surface area contributed by atoms with Crippen LogP contribution in [0, 0.1) is 0 Å². The Morgan fingerprint density at radius 2 is 2.33 bits per heavy atom. The standard InChI is InChI=1S/C14H18BrClO2/c1-14(17,7-6-11-3-2-8-18-11)12-5-4-10(15)9-13(12)16/h4-5,9,11,17H,2-3,6-8H2,1H3. The molecule has 0 spiro atoms. The van der Waals surface area contributed by atoms with E-state index in [2.05, 4.69) is 15.9 Å². The predicted octanol–water partition coefficient (Wildman–Crippen LogP) is 4.27. The van der Waals surface area contributed by atoms with Crippen molar-refractivity contribution >= 4 is 27.5 Å². The summed E-state index contributed by atoms with van der Waals surface area (Å²) < 4.78 is 6.50. The minimum atomic E-state index is -0.899. The topological polar surface area (TPSA) is 29.5 Å². The summed E-state index contributed by atoms with van der Waals surface area (Å²) >= 11 is 9.56. The third kappa shape index (κ3) is 3.47. The summed E-state index contributed by atoms with van der Waals surface area (Å²) in [5.41, 5.74) is -0.116. The number of aliphatic hydroxyl groups is 1. The van der Waals surface area contributed by atoms with E-state index in [1.54, 1.807) is 0 Å². The molecule has 2 atom stereocenters. The smallest absolute Gasteiger partial charge is 0.0883 e. The molecule has 0 saturated carbocycles. The average Bonchev–Trinajstić information content (AvgIpc) is 2.78.